The predicted octanol–water partition coefficient (Wildman–Crippen LogP) is 1.96. The van der Waals surface area contributed by atoms with Crippen LogP contribution in [0.1, 0.15) is 0 Å². The third-order valence-electron chi connectivity index (χ3n) is 1.72. The zero-order valence-electron chi connectivity index (χ0n) is 7.05. The first-order chi connectivity index (χ1) is 7.09. The lowest BCUT2D eigenvalue weighted by Gasteiger charge is -2.01. The zero-order chi connectivity index (χ0) is 11.0. The van der Waals surface area contributed by atoms with Gasteiger partial charge in [-0.25, -0.2) is 13.6 Å². The standard InChI is InChI=1S/C8H3ClF2N2O2/c9-3-1-2-4(10)5(6(3)11)7-12-8(14)15-13-7/h1-2H,(H,12,13,14). The first-order valence-corrected chi connectivity index (χ1v) is 4.17. The Kier molecular flexibility index (Phi) is 2.28. The molecule has 78 valence electrons. The van der Waals surface area contributed by atoms with Gasteiger partial charge < -0.3 is 0 Å². The van der Waals surface area contributed by atoms with Gasteiger partial charge in [0.25, 0.3) is 0 Å². The van der Waals surface area contributed by atoms with Crippen molar-refractivity contribution in [1.82, 2.24) is 10.1 Å². The van der Waals surface area contributed by atoms with Crippen molar-refractivity contribution in [1.29, 1.82) is 0 Å². The summed E-state index contributed by atoms with van der Waals surface area (Å²) in [4.78, 5) is 12.6. The lowest BCUT2D eigenvalue weighted by Crippen LogP contribution is -1.97. The fraction of sp³-hybridized carbons (Fsp3) is 0. The number of nitrogens with one attached hydrogen (secondary N) is 1. The monoisotopic (exact) mass is 232 g/mol. The van der Waals surface area contributed by atoms with E-state index in [2.05, 4.69) is 9.68 Å². The number of H-pyrrole nitrogens is 1. The van der Waals surface area contributed by atoms with E-state index in [0.717, 1.165) is 12.1 Å². The second kappa shape index (κ2) is 3.47. The van der Waals surface area contributed by atoms with Crippen molar-refractivity contribution in [2.75, 3.05) is 0 Å². The third kappa shape index (κ3) is 1.63. The summed E-state index contributed by atoms with van der Waals surface area (Å²) in [5.41, 5.74) is -0.520. The maximum Gasteiger partial charge on any atom is 0.439 e. The van der Waals surface area contributed by atoms with Gasteiger partial charge >= 0.3 is 5.76 Å². The molecule has 0 aliphatic rings. The molecule has 2 aromatic rings. The SMILES string of the molecule is O=c1[nH]c(-c2c(F)ccc(Cl)c2F)no1. The van der Waals surface area contributed by atoms with Crippen molar-refractivity contribution in [3.8, 4) is 11.4 Å². The smallest absolute Gasteiger partial charge is 0.296 e. The quantitative estimate of drug-likeness (QED) is 0.765. The number of benzene rings is 1. The normalized spacial score (nSPS) is 10.6. The summed E-state index contributed by atoms with van der Waals surface area (Å²) in [5.74, 6) is -3.12. The summed E-state index contributed by atoms with van der Waals surface area (Å²) in [6.07, 6.45) is 0. The Bertz CT molecular complexity index is 564. The van der Waals surface area contributed by atoms with Crippen LogP contribution in [-0.4, -0.2) is 10.1 Å². The van der Waals surface area contributed by atoms with Crippen molar-refractivity contribution >= 4 is 11.6 Å². The van der Waals surface area contributed by atoms with Crippen molar-refractivity contribution in [2.24, 2.45) is 0 Å². The maximum atomic E-state index is 13.4. The van der Waals surface area contributed by atoms with Crippen molar-refractivity contribution in [2.45, 2.75) is 0 Å². The molecule has 0 fully saturated rings. The molecular weight excluding hydrogens is 230 g/mol. The van der Waals surface area contributed by atoms with Crippen molar-refractivity contribution in [3.63, 3.8) is 0 Å². The molecule has 1 heterocycles. The van der Waals surface area contributed by atoms with Crippen LogP contribution in [0.2, 0.25) is 5.02 Å². The number of halogens is 3. The molecule has 0 amide bonds. The molecule has 7 heteroatoms. The highest BCUT2D eigenvalue weighted by atomic mass is 35.5. The molecule has 0 saturated carbocycles. The molecule has 15 heavy (non-hydrogen) atoms. The summed E-state index contributed by atoms with van der Waals surface area (Å²) in [6, 6.07) is 2.03. The molecule has 0 bridgehead atoms. The van der Waals surface area contributed by atoms with Gasteiger partial charge in [-0.3, -0.25) is 9.51 Å². The number of aromatic amines is 1. The number of aromatic nitrogens is 2. The summed E-state index contributed by atoms with van der Waals surface area (Å²) in [6.45, 7) is 0. The topological polar surface area (TPSA) is 58.9 Å². The van der Waals surface area contributed by atoms with Crippen LogP contribution in [0, 0.1) is 11.6 Å². The Morgan fingerprint density at radius 2 is 2.13 bits per heavy atom. The Morgan fingerprint density at radius 3 is 2.73 bits per heavy atom. The molecule has 2 rings (SSSR count). The van der Waals surface area contributed by atoms with E-state index in [1.54, 1.807) is 0 Å². The van der Waals surface area contributed by atoms with Gasteiger partial charge in [0.1, 0.15) is 5.82 Å². The van der Waals surface area contributed by atoms with E-state index in [9.17, 15) is 13.6 Å². The van der Waals surface area contributed by atoms with E-state index < -0.39 is 23.0 Å². The highest BCUT2D eigenvalue weighted by molar-refractivity contribution is 6.31. The van der Waals surface area contributed by atoms with Gasteiger partial charge in [-0.2, -0.15) is 0 Å². The molecule has 0 aliphatic heterocycles. The minimum Gasteiger partial charge on any atom is -0.296 e. The Morgan fingerprint density at radius 1 is 1.40 bits per heavy atom. The Balaban J connectivity index is 2.71. The van der Waals surface area contributed by atoms with Crippen molar-refractivity contribution < 1.29 is 13.3 Å². The van der Waals surface area contributed by atoms with Crippen LogP contribution in [0.15, 0.2) is 21.5 Å². The summed E-state index contributed by atoms with van der Waals surface area (Å²) >= 11 is 5.45. The molecule has 1 aromatic heterocycles. The second-order valence-corrected chi connectivity index (χ2v) is 3.07. The number of rotatable bonds is 1. The van der Waals surface area contributed by atoms with Gasteiger partial charge in [-0.15, -0.1) is 0 Å². The fourth-order valence-electron chi connectivity index (χ4n) is 1.08. The number of hydrogen-bond donors (Lipinski definition) is 1. The lowest BCUT2D eigenvalue weighted by molar-refractivity contribution is 0.387. The van der Waals surface area contributed by atoms with Gasteiger partial charge in [0, 0.05) is 0 Å². The molecule has 0 radical (unpaired) electrons. The van der Waals surface area contributed by atoms with Crippen LogP contribution >= 0.6 is 11.6 Å². The van der Waals surface area contributed by atoms with Gasteiger partial charge in [0.2, 0.25) is 0 Å². The second-order valence-electron chi connectivity index (χ2n) is 2.66. The van der Waals surface area contributed by atoms with E-state index in [1.165, 1.54) is 0 Å². The van der Waals surface area contributed by atoms with Gasteiger partial charge in [-0.05, 0) is 12.1 Å². The molecule has 0 saturated heterocycles. The minimum absolute atomic E-state index is 0.268. The maximum absolute atomic E-state index is 13.4. The fourth-order valence-corrected chi connectivity index (χ4v) is 1.24. The van der Waals surface area contributed by atoms with Crippen LogP contribution in [0.5, 0.6) is 0 Å². The van der Waals surface area contributed by atoms with Crippen LogP contribution in [0.3, 0.4) is 0 Å². The van der Waals surface area contributed by atoms with Gasteiger partial charge in [0.15, 0.2) is 11.6 Å². The van der Waals surface area contributed by atoms with E-state index in [1.807, 2.05) is 4.98 Å². The minimum atomic E-state index is -0.999. The first-order valence-electron chi connectivity index (χ1n) is 3.79. The Labute approximate surface area is 86.5 Å². The molecule has 0 spiro atoms. The van der Waals surface area contributed by atoms with E-state index in [4.69, 9.17) is 11.6 Å². The van der Waals surface area contributed by atoms with Crippen LogP contribution < -0.4 is 5.76 Å². The zero-order valence-corrected chi connectivity index (χ0v) is 7.81. The Hall–Kier alpha value is -1.69. The summed E-state index contributed by atoms with van der Waals surface area (Å²) in [5, 5.41) is 2.90. The predicted molar refractivity (Wildman–Crippen MR) is 47.5 cm³/mol. The molecule has 4 nitrogen and oxygen atoms in total. The van der Waals surface area contributed by atoms with Gasteiger partial charge in [-0.1, -0.05) is 16.8 Å². The molecular formula is C8H3ClF2N2O2. The highest BCUT2D eigenvalue weighted by Gasteiger charge is 2.18. The average Bonchev–Trinajstić information content (AvgIpc) is 2.59. The van der Waals surface area contributed by atoms with Gasteiger partial charge in [0.05, 0.1) is 10.6 Å². The van der Waals surface area contributed by atoms with E-state index >= 15 is 0 Å². The van der Waals surface area contributed by atoms with Crippen LogP contribution in [0.4, 0.5) is 8.78 Å². The van der Waals surface area contributed by atoms with Crippen LogP contribution in [-0.2, 0) is 0 Å². The molecule has 0 atom stereocenters. The van der Waals surface area contributed by atoms with E-state index in [-0.39, 0.29) is 10.8 Å². The molecule has 1 N–H and O–H groups in total. The average molecular weight is 233 g/mol. The molecule has 0 aliphatic carbocycles. The first kappa shape index (κ1) is 9.85. The summed E-state index contributed by atoms with van der Waals surface area (Å²) in [7, 11) is 0. The van der Waals surface area contributed by atoms with E-state index in [0.29, 0.717) is 0 Å². The van der Waals surface area contributed by atoms with Crippen LogP contribution in [0.25, 0.3) is 11.4 Å². The molecule has 0 unspecified atom stereocenters. The number of hydrogen-bond acceptors (Lipinski definition) is 3. The third-order valence-corrected chi connectivity index (χ3v) is 2.01. The largest absolute Gasteiger partial charge is 0.439 e. The lowest BCUT2D eigenvalue weighted by atomic mass is 10.2. The van der Waals surface area contributed by atoms with Crippen molar-refractivity contribution in [3.05, 3.63) is 39.3 Å². The number of nitrogens with zero attached hydrogens (tertiary/aromatic N) is 1. The highest BCUT2D eigenvalue weighted by Crippen LogP contribution is 2.27. The molecule has 1 aromatic carbocycles. The summed E-state index contributed by atoms with van der Waals surface area (Å²) < 4.78 is 30.7.